The number of rotatable bonds is 13. The Kier molecular flexibility index (Phi) is 9.87. The lowest BCUT2D eigenvalue weighted by Crippen LogP contribution is -2.32. The number of nitrogens with one attached hydrogen (secondary N) is 1. The van der Waals surface area contributed by atoms with Crippen LogP contribution in [0.5, 0.6) is 0 Å². The van der Waals surface area contributed by atoms with Crippen LogP contribution in [-0.2, 0) is 19.1 Å². The van der Waals surface area contributed by atoms with Gasteiger partial charge in [-0.05, 0) is 49.1 Å². The maximum atomic E-state index is 13.4. The highest BCUT2D eigenvalue weighted by molar-refractivity contribution is 6.01. The van der Waals surface area contributed by atoms with Gasteiger partial charge in [-0.1, -0.05) is 64.0 Å². The van der Waals surface area contributed by atoms with Crippen LogP contribution < -0.4 is 5.32 Å². The minimum Gasteiger partial charge on any atom is -0.463 e. The number of allylic oxidation sites excluding steroid dienone is 2. The maximum Gasteiger partial charge on any atom is 0.336 e. The van der Waals surface area contributed by atoms with Crippen LogP contribution in [0.3, 0.4) is 0 Å². The van der Waals surface area contributed by atoms with Crippen LogP contribution in [0.1, 0.15) is 90.5 Å². The number of benzene rings is 1. The standard InChI is InChI=1S/C27H37N3O5/c1-5-7-8-9-10-11-12-13-17-34-27(32)23-19(4)28-18(3)22(26(31)33-6-2)24(23)20-15-14-16-21-25(20)30-35-29-21/h14-16,24,28H,5-13,17H2,1-4H3. The van der Waals surface area contributed by atoms with Gasteiger partial charge in [0, 0.05) is 11.4 Å². The van der Waals surface area contributed by atoms with E-state index in [2.05, 4.69) is 22.6 Å². The molecule has 35 heavy (non-hydrogen) atoms. The molecular formula is C27H37N3O5. The Labute approximate surface area is 207 Å². The van der Waals surface area contributed by atoms with Crippen molar-refractivity contribution in [2.75, 3.05) is 13.2 Å². The Hall–Kier alpha value is -3.16. The molecule has 0 radical (unpaired) electrons. The van der Waals surface area contributed by atoms with Gasteiger partial charge in [0.15, 0.2) is 0 Å². The Morgan fingerprint density at radius 2 is 1.51 bits per heavy atom. The Morgan fingerprint density at radius 3 is 2.17 bits per heavy atom. The van der Waals surface area contributed by atoms with Gasteiger partial charge in [0.1, 0.15) is 11.0 Å². The third-order valence-corrected chi connectivity index (χ3v) is 6.33. The quantitative estimate of drug-likeness (QED) is 0.286. The van der Waals surface area contributed by atoms with E-state index in [0.717, 1.165) is 19.3 Å². The number of aromatic nitrogens is 2. The molecular weight excluding hydrogens is 446 g/mol. The number of hydrogen-bond acceptors (Lipinski definition) is 8. The Balaban J connectivity index is 1.78. The first-order valence-electron chi connectivity index (χ1n) is 12.7. The second-order valence-electron chi connectivity index (χ2n) is 8.95. The molecule has 0 spiro atoms. The van der Waals surface area contributed by atoms with Crippen molar-refractivity contribution in [1.29, 1.82) is 0 Å². The second-order valence-corrected chi connectivity index (χ2v) is 8.95. The van der Waals surface area contributed by atoms with E-state index in [1.165, 1.54) is 32.1 Å². The topological polar surface area (TPSA) is 104 Å². The van der Waals surface area contributed by atoms with Crippen LogP contribution in [0.25, 0.3) is 11.0 Å². The van der Waals surface area contributed by atoms with E-state index in [9.17, 15) is 9.59 Å². The molecule has 2 heterocycles. The summed E-state index contributed by atoms with van der Waals surface area (Å²) in [6.07, 6.45) is 9.28. The molecule has 0 saturated carbocycles. The van der Waals surface area contributed by atoms with Crippen molar-refractivity contribution in [3.8, 4) is 0 Å². The molecule has 0 saturated heterocycles. The van der Waals surface area contributed by atoms with Crippen LogP contribution in [0.2, 0.25) is 0 Å². The molecule has 1 aliphatic rings. The average molecular weight is 484 g/mol. The maximum absolute atomic E-state index is 13.4. The molecule has 1 unspecified atom stereocenters. The molecule has 8 nitrogen and oxygen atoms in total. The van der Waals surface area contributed by atoms with E-state index in [4.69, 9.17) is 14.1 Å². The number of ether oxygens (including phenoxy) is 2. The lowest BCUT2D eigenvalue weighted by atomic mass is 9.80. The number of dihydropyridines is 1. The first-order chi connectivity index (χ1) is 17.0. The molecule has 8 heteroatoms. The van der Waals surface area contributed by atoms with Gasteiger partial charge in [0.05, 0.1) is 30.3 Å². The van der Waals surface area contributed by atoms with Crippen molar-refractivity contribution >= 4 is 23.0 Å². The Morgan fingerprint density at radius 1 is 0.886 bits per heavy atom. The fourth-order valence-electron chi connectivity index (χ4n) is 4.59. The van der Waals surface area contributed by atoms with Crippen molar-refractivity contribution in [3.63, 3.8) is 0 Å². The van der Waals surface area contributed by atoms with E-state index in [-0.39, 0.29) is 6.61 Å². The van der Waals surface area contributed by atoms with Gasteiger partial charge < -0.3 is 14.8 Å². The summed E-state index contributed by atoms with van der Waals surface area (Å²) in [6.45, 7) is 8.14. The van der Waals surface area contributed by atoms with Gasteiger partial charge in [-0.3, -0.25) is 0 Å². The molecule has 0 aliphatic carbocycles. The zero-order valence-corrected chi connectivity index (χ0v) is 21.3. The lowest BCUT2D eigenvalue weighted by Gasteiger charge is -2.30. The van der Waals surface area contributed by atoms with Crippen LogP contribution >= 0.6 is 0 Å². The van der Waals surface area contributed by atoms with Crippen LogP contribution in [0, 0.1) is 0 Å². The summed E-state index contributed by atoms with van der Waals surface area (Å²) in [4.78, 5) is 26.4. The molecule has 1 N–H and O–H groups in total. The molecule has 0 amide bonds. The van der Waals surface area contributed by atoms with Crippen molar-refractivity contribution in [2.24, 2.45) is 0 Å². The third-order valence-electron chi connectivity index (χ3n) is 6.33. The summed E-state index contributed by atoms with van der Waals surface area (Å²) < 4.78 is 16.0. The van der Waals surface area contributed by atoms with Crippen molar-refractivity contribution in [2.45, 2.75) is 85.0 Å². The SMILES string of the molecule is CCCCCCCCCCOC(=O)C1=C(C)NC(C)=C(C(=O)OCC)C1c1cccc2nonc12. The average Bonchev–Trinajstić information content (AvgIpc) is 3.31. The van der Waals surface area contributed by atoms with Crippen LogP contribution in [-0.4, -0.2) is 35.5 Å². The summed E-state index contributed by atoms with van der Waals surface area (Å²) in [5.41, 5.74) is 3.67. The predicted molar refractivity (Wildman–Crippen MR) is 133 cm³/mol. The van der Waals surface area contributed by atoms with E-state index in [0.29, 0.717) is 45.7 Å². The summed E-state index contributed by atoms with van der Waals surface area (Å²) >= 11 is 0. The summed E-state index contributed by atoms with van der Waals surface area (Å²) in [6, 6.07) is 5.41. The van der Waals surface area contributed by atoms with Crippen LogP contribution in [0.4, 0.5) is 0 Å². The molecule has 1 atom stereocenters. The number of hydrogen-bond donors (Lipinski definition) is 1. The van der Waals surface area contributed by atoms with Gasteiger partial charge in [0.2, 0.25) is 0 Å². The minimum absolute atomic E-state index is 0.221. The fraction of sp³-hybridized carbons (Fsp3) is 0.556. The fourth-order valence-corrected chi connectivity index (χ4v) is 4.59. The van der Waals surface area contributed by atoms with E-state index >= 15 is 0 Å². The van der Waals surface area contributed by atoms with Crippen molar-refractivity contribution in [1.82, 2.24) is 15.6 Å². The minimum atomic E-state index is -0.711. The number of nitrogens with zero attached hydrogens (tertiary/aromatic N) is 2. The molecule has 3 rings (SSSR count). The smallest absolute Gasteiger partial charge is 0.336 e. The Bertz CT molecular complexity index is 1090. The van der Waals surface area contributed by atoms with Gasteiger partial charge in [-0.2, -0.15) is 0 Å². The number of carbonyl (C=O) groups is 2. The normalized spacial score (nSPS) is 15.9. The van der Waals surface area contributed by atoms with Gasteiger partial charge in [0.25, 0.3) is 0 Å². The van der Waals surface area contributed by atoms with Gasteiger partial charge in [-0.25, -0.2) is 14.2 Å². The molecule has 2 aromatic rings. The number of carbonyl (C=O) groups excluding carboxylic acids is 2. The van der Waals surface area contributed by atoms with Crippen molar-refractivity contribution in [3.05, 3.63) is 46.3 Å². The lowest BCUT2D eigenvalue weighted by molar-refractivity contribution is -0.140. The first-order valence-corrected chi connectivity index (χ1v) is 12.7. The second kappa shape index (κ2) is 13.1. The molecule has 1 aromatic carbocycles. The van der Waals surface area contributed by atoms with Crippen LogP contribution in [0.15, 0.2) is 45.4 Å². The molecule has 0 bridgehead atoms. The molecule has 0 fully saturated rings. The van der Waals surface area contributed by atoms with E-state index < -0.39 is 17.9 Å². The zero-order valence-electron chi connectivity index (χ0n) is 21.3. The summed E-state index contributed by atoms with van der Waals surface area (Å²) in [7, 11) is 0. The van der Waals surface area contributed by atoms with Gasteiger partial charge >= 0.3 is 11.9 Å². The van der Waals surface area contributed by atoms with Gasteiger partial charge in [-0.15, -0.1) is 0 Å². The summed E-state index contributed by atoms with van der Waals surface area (Å²) in [5.74, 6) is -1.65. The monoisotopic (exact) mass is 483 g/mol. The highest BCUT2D eigenvalue weighted by atomic mass is 16.6. The zero-order chi connectivity index (χ0) is 25.2. The highest BCUT2D eigenvalue weighted by Crippen LogP contribution is 2.41. The number of unbranched alkanes of at least 4 members (excludes halogenated alkanes) is 7. The highest BCUT2D eigenvalue weighted by Gasteiger charge is 2.39. The third kappa shape index (κ3) is 6.50. The molecule has 190 valence electrons. The number of esters is 2. The van der Waals surface area contributed by atoms with E-state index in [1.54, 1.807) is 26.0 Å². The predicted octanol–water partition coefficient (Wildman–Crippen LogP) is 5.70. The number of fused-ring (bicyclic) bond motifs is 1. The molecule has 1 aliphatic heterocycles. The largest absolute Gasteiger partial charge is 0.463 e. The first kappa shape index (κ1) is 26.4. The molecule has 1 aromatic heterocycles. The van der Waals surface area contributed by atoms with E-state index in [1.807, 2.05) is 13.0 Å². The van der Waals surface area contributed by atoms with Crippen molar-refractivity contribution < 1.29 is 23.7 Å². The summed E-state index contributed by atoms with van der Waals surface area (Å²) in [5, 5.41) is 11.1.